The maximum atomic E-state index is 3.90. The molecule has 1 nitrogen and oxygen atoms in total. The van der Waals surface area contributed by atoms with Crippen molar-refractivity contribution in [1.82, 2.24) is 4.98 Å². The fourth-order valence-electron chi connectivity index (χ4n) is 0.342. The van der Waals surface area contributed by atoms with Crippen molar-refractivity contribution in [1.29, 1.82) is 0 Å². The molecule has 0 amide bonds. The molecule has 8 heavy (non-hydrogen) atoms. The summed E-state index contributed by atoms with van der Waals surface area (Å²) in [6, 6.07) is 5.70. The molecule has 1 heterocycles. The van der Waals surface area contributed by atoms with Crippen molar-refractivity contribution < 1.29 is 17.1 Å². The number of hydrogen-bond donors (Lipinski definition) is 0. The van der Waals surface area contributed by atoms with Crippen molar-refractivity contribution in [3.05, 3.63) is 29.0 Å². The van der Waals surface area contributed by atoms with Gasteiger partial charge in [0, 0.05) is 23.3 Å². The van der Waals surface area contributed by atoms with Gasteiger partial charge in [-0.2, -0.15) is 0 Å². The fourth-order valence-corrected chi connectivity index (χ4v) is 0.613. The third kappa shape index (κ3) is 2.46. The largest absolute Gasteiger partial charge is 0.249 e. The average molecular weight is 222 g/mol. The van der Waals surface area contributed by atoms with Crippen LogP contribution in [0.25, 0.3) is 0 Å². The first kappa shape index (κ1) is 8.15. The van der Waals surface area contributed by atoms with Gasteiger partial charge in [0.25, 0.3) is 0 Å². The van der Waals surface area contributed by atoms with E-state index in [9.17, 15) is 0 Å². The zero-order chi connectivity index (χ0) is 5.11. The van der Waals surface area contributed by atoms with Gasteiger partial charge in [-0.25, -0.2) is 4.98 Å². The molecule has 0 atom stereocenters. The van der Waals surface area contributed by atoms with Gasteiger partial charge in [-0.15, -0.1) is 0 Å². The van der Waals surface area contributed by atoms with Crippen LogP contribution in [0, 0.1) is 0 Å². The molecular weight excluding hydrogens is 218 g/mol. The van der Waals surface area contributed by atoms with E-state index in [1.165, 1.54) is 0 Å². The maximum absolute atomic E-state index is 3.90. The predicted octanol–water partition coefficient (Wildman–Crippen LogP) is 1.84. The Morgan fingerprint density at radius 2 is 2.12 bits per heavy atom. The van der Waals surface area contributed by atoms with Gasteiger partial charge in [-0.05, 0) is 28.1 Å². The average Bonchev–Trinajstić information content (AvgIpc) is 1.69. The molecule has 0 N–H and O–H groups in total. The zero-order valence-corrected chi connectivity index (χ0v) is 6.46. The Morgan fingerprint density at radius 3 is 2.38 bits per heavy atom. The van der Waals surface area contributed by atoms with Crippen LogP contribution in [0.15, 0.2) is 29.0 Å². The van der Waals surface area contributed by atoms with Crippen molar-refractivity contribution in [2.45, 2.75) is 0 Å². The maximum Gasteiger partial charge on any atom is 0.106 e. The van der Waals surface area contributed by atoms with E-state index in [0.717, 1.165) is 4.60 Å². The summed E-state index contributed by atoms with van der Waals surface area (Å²) in [6.45, 7) is 0. The smallest absolute Gasteiger partial charge is 0.106 e. The molecule has 1 rings (SSSR count). The van der Waals surface area contributed by atoms with Gasteiger partial charge in [-0.1, -0.05) is 6.07 Å². The van der Waals surface area contributed by atoms with Gasteiger partial charge in [-0.3, -0.25) is 0 Å². The number of aromatic nitrogens is 1. The topological polar surface area (TPSA) is 12.9 Å². The van der Waals surface area contributed by atoms with Crippen LogP contribution in [-0.4, -0.2) is 4.98 Å². The van der Waals surface area contributed by atoms with Crippen LogP contribution in [0.3, 0.4) is 0 Å². The van der Waals surface area contributed by atoms with E-state index in [1.807, 2.05) is 18.2 Å². The molecule has 0 aliphatic carbocycles. The van der Waals surface area contributed by atoms with Gasteiger partial charge >= 0.3 is 0 Å². The molecule has 0 fully saturated rings. The van der Waals surface area contributed by atoms with E-state index in [1.54, 1.807) is 6.20 Å². The number of hydrogen-bond acceptors (Lipinski definition) is 1. The summed E-state index contributed by atoms with van der Waals surface area (Å²) in [5.74, 6) is 0. The minimum Gasteiger partial charge on any atom is -0.249 e. The Balaban J connectivity index is 0.000000490. The van der Waals surface area contributed by atoms with E-state index in [0.29, 0.717) is 0 Å². The molecule has 1 aromatic rings. The number of halogens is 1. The van der Waals surface area contributed by atoms with Crippen LogP contribution in [-0.2, 0) is 17.1 Å². The second-order valence-corrected chi connectivity index (χ2v) is 1.96. The first-order valence-electron chi connectivity index (χ1n) is 1.96. The van der Waals surface area contributed by atoms with E-state index in [2.05, 4.69) is 20.9 Å². The summed E-state index contributed by atoms with van der Waals surface area (Å²) in [7, 11) is 0. The van der Waals surface area contributed by atoms with Crippen molar-refractivity contribution in [3.8, 4) is 0 Å². The van der Waals surface area contributed by atoms with Crippen molar-refractivity contribution >= 4 is 15.9 Å². The third-order valence-electron chi connectivity index (χ3n) is 0.629. The molecule has 0 spiro atoms. The molecule has 1 radical (unpaired) electrons. The molecule has 47 valence electrons. The van der Waals surface area contributed by atoms with Crippen LogP contribution >= 0.6 is 15.9 Å². The Kier molecular flexibility index (Phi) is 4.15. The van der Waals surface area contributed by atoms with Gasteiger partial charge < -0.3 is 0 Å². The Hall–Kier alpha value is 0.149. The summed E-state index contributed by atoms with van der Waals surface area (Å²) >= 11 is 3.20. The number of nitrogens with zero attached hydrogens (tertiary/aromatic N) is 1. The minimum atomic E-state index is 0. The minimum absolute atomic E-state index is 0. The molecule has 0 saturated heterocycles. The summed E-state index contributed by atoms with van der Waals surface area (Å²) in [4.78, 5) is 3.90. The van der Waals surface area contributed by atoms with Crippen molar-refractivity contribution in [2.75, 3.05) is 0 Å². The van der Waals surface area contributed by atoms with Crippen molar-refractivity contribution in [3.63, 3.8) is 0 Å². The van der Waals surface area contributed by atoms with Crippen LogP contribution in [0.1, 0.15) is 0 Å². The molecule has 0 saturated carbocycles. The summed E-state index contributed by atoms with van der Waals surface area (Å²) in [6.07, 6.45) is 1.74. The molecule has 0 bridgehead atoms. The van der Waals surface area contributed by atoms with Crippen molar-refractivity contribution in [2.24, 2.45) is 0 Å². The van der Waals surface area contributed by atoms with E-state index in [4.69, 9.17) is 0 Å². The molecular formula is C5H4BrCuN. The summed E-state index contributed by atoms with van der Waals surface area (Å²) in [5, 5.41) is 0. The normalized spacial score (nSPS) is 7.62. The predicted molar refractivity (Wildman–Crippen MR) is 31.9 cm³/mol. The molecule has 0 unspecified atom stereocenters. The standard InChI is InChI=1S/C5H4BrN.Cu/c6-5-3-1-2-4-7-5;/h1-4H;. The van der Waals surface area contributed by atoms with Crippen LogP contribution in [0.5, 0.6) is 0 Å². The zero-order valence-electron chi connectivity index (χ0n) is 3.94. The Morgan fingerprint density at radius 1 is 1.38 bits per heavy atom. The van der Waals surface area contributed by atoms with E-state index in [-0.39, 0.29) is 17.1 Å². The molecule has 1 aromatic heterocycles. The van der Waals surface area contributed by atoms with Gasteiger partial charge in [0.05, 0.1) is 0 Å². The third-order valence-corrected chi connectivity index (χ3v) is 1.10. The fraction of sp³-hybridized carbons (Fsp3) is 0. The number of pyridine rings is 1. The second-order valence-electron chi connectivity index (χ2n) is 1.15. The van der Waals surface area contributed by atoms with Gasteiger partial charge in [0.2, 0.25) is 0 Å². The Labute approximate surface area is 67.1 Å². The first-order chi connectivity index (χ1) is 3.39. The quantitative estimate of drug-likeness (QED) is 0.481. The van der Waals surface area contributed by atoms with Crippen LogP contribution in [0.4, 0.5) is 0 Å². The molecule has 0 aliphatic heterocycles. The van der Waals surface area contributed by atoms with Gasteiger partial charge in [0.1, 0.15) is 4.60 Å². The molecule has 0 aromatic carbocycles. The second kappa shape index (κ2) is 4.07. The monoisotopic (exact) mass is 220 g/mol. The van der Waals surface area contributed by atoms with E-state index >= 15 is 0 Å². The van der Waals surface area contributed by atoms with Crippen LogP contribution < -0.4 is 0 Å². The first-order valence-corrected chi connectivity index (χ1v) is 2.75. The molecule has 3 heteroatoms. The summed E-state index contributed by atoms with van der Waals surface area (Å²) in [5.41, 5.74) is 0. The number of rotatable bonds is 0. The van der Waals surface area contributed by atoms with Gasteiger partial charge in [0.15, 0.2) is 0 Å². The van der Waals surface area contributed by atoms with E-state index < -0.39 is 0 Å². The SMILES string of the molecule is Brc1ccccn1.[Cu]. The Bertz CT molecular complexity index is 142. The summed E-state index contributed by atoms with van der Waals surface area (Å²) < 4.78 is 0.884. The molecule has 0 aliphatic rings. The van der Waals surface area contributed by atoms with Crippen LogP contribution in [0.2, 0.25) is 0 Å².